The van der Waals surface area contributed by atoms with Gasteiger partial charge in [-0.15, -0.1) is 0 Å². The topological polar surface area (TPSA) is 58.6 Å². The van der Waals surface area contributed by atoms with Gasteiger partial charge < -0.3 is 15.0 Å². The van der Waals surface area contributed by atoms with E-state index in [2.05, 4.69) is 5.32 Å². The average Bonchev–Trinajstić information content (AvgIpc) is 2.53. The van der Waals surface area contributed by atoms with Gasteiger partial charge in [0.2, 0.25) is 11.8 Å². The van der Waals surface area contributed by atoms with Crippen LogP contribution < -0.4 is 5.32 Å². The Hall–Kier alpha value is -1.95. The van der Waals surface area contributed by atoms with Crippen LogP contribution in [-0.2, 0) is 19.7 Å². The fourth-order valence-electron chi connectivity index (χ4n) is 3.96. The summed E-state index contributed by atoms with van der Waals surface area (Å²) in [6.07, 6.45) is 2.72. The number of morpholine rings is 1. The predicted octanol–water partition coefficient (Wildman–Crippen LogP) is 2.39. The summed E-state index contributed by atoms with van der Waals surface area (Å²) in [6.45, 7) is 5.39. The van der Waals surface area contributed by atoms with E-state index in [4.69, 9.17) is 4.74 Å². The monoisotopic (exact) mass is 362 g/mol. The molecule has 2 atom stereocenters. The Balaban J connectivity index is 1.54. The third kappa shape index (κ3) is 3.90. The van der Waals surface area contributed by atoms with Crippen molar-refractivity contribution in [3.8, 4) is 0 Å². The van der Waals surface area contributed by atoms with Crippen LogP contribution in [0.4, 0.5) is 4.39 Å². The molecule has 1 saturated heterocycles. The molecule has 2 fully saturated rings. The number of nitrogens with zero attached hydrogens (tertiary/aromatic N) is 1. The van der Waals surface area contributed by atoms with Crippen LogP contribution in [0, 0.1) is 5.82 Å². The number of nitrogens with one attached hydrogen (secondary N) is 1. The number of rotatable bonds is 5. The van der Waals surface area contributed by atoms with Gasteiger partial charge in [-0.1, -0.05) is 18.6 Å². The van der Waals surface area contributed by atoms with Crippen molar-refractivity contribution in [3.05, 3.63) is 35.6 Å². The lowest BCUT2D eigenvalue weighted by Crippen LogP contribution is -2.51. The normalized spacial score (nSPS) is 24.7. The number of benzene rings is 1. The van der Waals surface area contributed by atoms with Crippen molar-refractivity contribution in [2.24, 2.45) is 0 Å². The summed E-state index contributed by atoms with van der Waals surface area (Å²) in [5, 5.41) is 2.90. The quantitative estimate of drug-likeness (QED) is 0.875. The zero-order valence-electron chi connectivity index (χ0n) is 15.5. The molecule has 1 saturated carbocycles. The molecule has 0 radical (unpaired) electrons. The first-order valence-corrected chi connectivity index (χ1v) is 9.38. The van der Waals surface area contributed by atoms with Gasteiger partial charge in [0.25, 0.3) is 0 Å². The molecule has 1 aliphatic carbocycles. The molecule has 3 rings (SSSR count). The van der Waals surface area contributed by atoms with Gasteiger partial charge in [0, 0.05) is 26.1 Å². The van der Waals surface area contributed by atoms with Crippen molar-refractivity contribution in [1.82, 2.24) is 10.2 Å². The maximum Gasteiger partial charge on any atom is 0.230 e. The zero-order valence-corrected chi connectivity index (χ0v) is 15.5. The molecule has 0 bridgehead atoms. The number of halogens is 1. The Kier molecular flexibility index (Phi) is 5.61. The Morgan fingerprint density at radius 2 is 1.96 bits per heavy atom. The zero-order chi connectivity index (χ0) is 18.7. The van der Waals surface area contributed by atoms with E-state index in [9.17, 15) is 14.0 Å². The highest BCUT2D eigenvalue weighted by Gasteiger charge is 2.45. The molecule has 2 aliphatic rings. The Bertz CT molecular complexity index is 665. The molecule has 26 heavy (non-hydrogen) atoms. The lowest BCUT2D eigenvalue weighted by atomic mass is 9.64. The molecule has 142 valence electrons. The molecular formula is C20H27FN2O3. The van der Waals surface area contributed by atoms with Crippen molar-refractivity contribution in [2.45, 2.75) is 57.2 Å². The standard InChI is InChI=1S/C20H27FN2O3/c1-14-12-23(13-15(2)26-14)18(24)7-10-22-19(25)20(8-4-9-20)16-5-3-6-17(21)11-16/h3,5-6,11,14-15H,4,7-10,12-13H2,1-2H3,(H,22,25)/t14-,15-/m0/s1. The molecular weight excluding hydrogens is 335 g/mol. The van der Waals surface area contributed by atoms with Crippen LogP contribution in [-0.4, -0.2) is 48.6 Å². The van der Waals surface area contributed by atoms with Crippen molar-refractivity contribution < 1.29 is 18.7 Å². The van der Waals surface area contributed by atoms with E-state index in [1.54, 1.807) is 11.0 Å². The maximum atomic E-state index is 13.6. The fourth-order valence-corrected chi connectivity index (χ4v) is 3.96. The van der Waals surface area contributed by atoms with Crippen LogP contribution >= 0.6 is 0 Å². The van der Waals surface area contributed by atoms with Gasteiger partial charge in [0.15, 0.2) is 0 Å². The maximum absolute atomic E-state index is 13.6. The summed E-state index contributed by atoms with van der Waals surface area (Å²) >= 11 is 0. The Morgan fingerprint density at radius 1 is 1.27 bits per heavy atom. The van der Waals surface area contributed by atoms with Gasteiger partial charge in [0.05, 0.1) is 17.6 Å². The first-order chi connectivity index (χ1) is 12.4. The Morgan fingerprint density at radius 3 is 2.54 bits per heavy atom. The smallest absolute Gasteiger partial charge is 0.230 e. The molecule has 1 aliphatic heterocycles. The molecule has 1 N–H and O–H groups in total. The van der Waals surface area contributed by atoms with E-state index in [1.807, 2.05) is 19.9 Å². The minimum atomic E-state index is -0.646. The van der Waals surface area contributed by atoms with Crippen LogP contribution in [0.5, 0.6) is 0 Å². The van der Waals surface area contributed by atoms with Crippen LogP contribution in [0.15, 0.2) is 24.3 Å². The fraction of sp³-hybridized carbons (Fsp3) is 0.600. The summed E-state index contributed by atoms with van der Waals surface area (Å²) in [4.78, 5) is 26.9. The van der Waals surface area contributed by atoms with Crippen LogP contribution in [0.2, 0.25) is 0 Å². The summed E-state index contributed by atoms with van der Waals surface area (Å²) in [5.74, 6) is -0.404. The van der Waals surface area contributed by atoms with Crippen molar-refractivity contribution >= 4 is 11.8 Å². The average molecular weight is 362 g/mol. The van der Waals surface area contributed by atoms with Gasteiger partial charge in [0.1, 0.15) is 5.82 Å². The van der Waals surface area contributed by atoms with Crippen molar-refractivity contribution in [2.75, 3.05) is 19.6 Å². The third-order valence-corrected chi connectivity index (χ3v) is 5.42. The van der Waals surface area contributed by atoms with E-state index in [1.165, 1.54) is 12.1 Å². The first-order valence-electron chi connectivity index (χ1n) is 9.38. The number of ether oxygens (including phenoxy) is 1. The number of carbonyl (C=O) groups excluding carboxylic acids is 2. The lowest BCUT2D eigenvalue weighted by Gasteiger charge is -2.40. The van der Waals surface area contributed by atoms with Crippen molar-refractivity contribution in [3.63, 3.8) is 0 Å². The van der Waals surface area contributed by atoms with Crippen LogP contribution in [0.3, 0.4) is 0 Å². The third-order valence-electron chi connectivity index (χ3n) is 5.42. The Labute approximate surface area is 153 Å². The minimum Gasteiger partial charge on any atom is -0.372 e. The van der Waals surface area contributed by atoms with Gasteiger partial charge in [-0.25, -0.2) is 4.39 Å². The lowest BCUT2D eigenvalue weighted by molar-refractivity contribution is -0.143. The predicted molar refractivity (Wildman–Crippen MR) is 96.1 cm³/mol. The van der Waals surface area contributed by atoms with E-state index in [0.29, 0.717) is 32.5 Å². The number of carbonyl (C=O) groups is 2. The van der Waals surface area contributed by atoms with Gasteiger partial charge in [-0.2, -0.15) is 0 Å². The summed E-state index contributed by atoms with van der Waals surface area (Å²) < 4.78 is 19.2. The van der Waals surface area contributed by atoms with E-state index < -0.39 is 5.41 Å². The number of hydrogen-bond acceptors (Lipinski definition) is 3. The molecule has 6 heteroatoms. The second kappa shape index (κ2) is 7.74. The molecule has 1 aromatic carbocycles. The summed E-state index contributed by atoms with van der Waals surface area (Å²) in [6, 6.07) is 6.28. The van der Waals surface area contributed by atoms with Crippen LogP contribution in [0.25, 0.3) is 0 Å². The number of hydrogen-bond donors (Lipinski definition) is 1. The summed E-state index contributed by atoms with van der Waals surface area (Å²) in [5.41, 5.74) is 0.0797. The second-order valence-electron chi connectivity index (χ2n) is 7.51. The minimum absolute atomic E-state index is 0.0284. The first kappa shape index (κ1) is 18.8. The SMILES string of the molecule is C[C@H]1CN(C(=O)CCNC(=O)C2(c3cccc(F)c3)CCC2)C[C@H](C)O1. The largest absolute Gasteiger partial charge is 0.372 e. The van der Waals surface area contributed by atoms with E-state index in [0.717, 1.165) is 12.0 Å². The van der Waals surface area contributed by atoms with E-state index in [-0.39, 0.29) is 36.3 Å². The molecule has 0 spiro atoms. The molecule has 5 nitrogen and oxygen atoms in total. The van der Waals surface area contributed by atoms with Crippen molar-refractivity contribution in [1.29, 1.82) is 0 Å². The molecule has 0 aromatic heterocycles. The highest BCUT2D eigenvalue weighted by Crippen LogP contribution is 2.44. The van der Waals surface area contributed by atoms with E-state index >= 15 is 0 Å². The number of amides is 2. The summed E-state index contributed by atoms with van der Waals surface area (Å²) in [7, 11) is 0. The van der Waals surface area contributed by atoms with Gasteiger partial charge >= 0.3 is 0 Å². The van der Waals surface area contributed by atoms with Gasteiger partial charge in [-0.05, 0) is 44.4 Å². The second-order valence-corrected chi connectivity index (χ2v) is 7.51. The van der Waals surface area contributed by atoms with Crippen LogP contribution in [0.1, 0.15) is 45.1 Å². The molecule has 0 unspecified atom stereocenters. The highest BCUT2D eigenvalue weighted by atomic mass is 19.1. The van der Waals surface area contributed by atoms with Gasteiger partial charge in [-0.3, -0.25) is 9.59 Å². The molecule has 2 amide bonds. The highest BCUT2D eigenvalue weighted by molar-refractivity contribution is 5.89. The molecule has 1 aromatic rings. The molecule has 1 heterocycles.